The van der Waals surface area contributed by atoms with E-state index in [0.29, 0.717) is 0 Å². The van der Waals surface area contributed by atoms with E-state index in [4.69, 9.17) is 0 Å². The Morgan fingerprint density at radius 3 is 2.03 bits per heavy atom. The average molecular weight is 383 g/mol. The molecule has 0 amide bonds. The van der Waals surface area contributed by atoms with E-state index in [1.165, 1.54) is 44.8 Å². The predicted octanol–water partition coefficient (Wildman–Crippen LogP) is 6.79. The van der Waals surface area contributed by atoms with Gasteiger partial charge in [0.05, 0.1) is 12.6 Å². The third kappa shape index (κ3) is 4.07. The molecule has 1 aliphatic rings. The largest absolute Gasteiger partial charge is 0.358 e. The molecule has 2 heteroatoms. The summed E-state index contributed by atoms with van der Waals surface area (Å²) < 4.78 is 0. The molecule has 0 saturated carbocycles. The molecule has 0 saturated heterocycles. The molecule has 0 unspecified atom stereocenters. The summed E-state index contributed by atoms with van der Waals surface area (Å²) in [5.41, 5.74) is 11.6. The van der Waals surface area contributed by atoms with Crippen LogP contribution in [0.1, 0.15) is 39.4 Å². The van der Waals surface area contributed by atoms with Gasteiger partial charge in [0.25, 0.3) is 0 Å². The second-order valence-corrected chi connectivity index (χ2v) is 8.37. The van der Waals surface area contributed by atoms with Crippen LogP contribution in [0.2, 0.25) is 0 Å². The molecular weight excluding hydrogens is 352 g/mol. The van der Waals surface area contributed by atoms with Gasteiger partial charge in [-0.3, -0.25) is 0 Å². The van der Waals surface area contributed by atoms with Crippen LogP contribution in [-0.4, -0.2) is 6.54 Å². The summed E-state index contributed by atoms with van der Waals surface area (Å²) in [6, 6.07) is 22.5. The maximum absolute atomic E-state index is 3.67. The van der Waals surface area contributed by atoms with Crippen LogP contribution < -0.4 is 10.2 Å². The summed E-state index contributed by atoms with van der Waals surface area (Å²) in [7, 11) is 0. The van der Waals surface area contributed by atoms with Gasteiger partial charge in [0.15, 0.2) is 0 Å². The molecule has 1 aliphatic heterocycles. The van der Waals surface area contributed by atoms with Crippen molar-refractivity contribution in [3.63, 3.8) is 0 Å². The van der Waals surface area contributed by atoms with E-state index in [2.05, 4.69) is 112 Å². The molecule has 0 radical (unpaired) electrons. The first-order valence-corrected chi connectivity index (χ1v) is 10.4. The monoisotopic (exact) mass is 382 g/mol. The zero-order chi connectivity index (χ0) is 20.5. The van der Waals surface area contributed by atoms with Crippen LogP contribution in [0.5, 0.6) is 0 Å². The van der Waals surface area contributed by atoms with Crippen LogP contribution in [-0.2, 0) is 0 Å². The Balaban J connectivity index is 1.68. The van der Waals surface area contributed by atoms with Gasteiger partial charge in [-0.25, -0.2) is 0 Å². The highest BCUT2D eigenvalue weighted by molar-refractivity contribution is 5.61. The number of hydrogen-bond donors (Lipinski definition) is 1. The fraction of sp³-hybridized carbons (Fsp3) is 0.259. The molecule has 3 aromatic carbocycles. The summed E-state index contributed by atoms with van der Waals surface area (Å²) in [6.07, 6.45) is 2.37. The molecule has 1 atom stereocenters. The van der Waals surface area contributed by atoms with Gasteiger partial charge in [-0.05, 0) is 92.8 Å². The van der Waals surface area contributed by atoms with Gasteiger partial charge in [-0.1, -0.05) is 42.0 Å². The van der Waals surface area contributed by atoms with Crippen molar-refractivity contribution >= 4 is 11.4 Å². The minimum atomic E-state index is 0.228. The Labute approximate surface area is 174 Å². The smallest absolute Gasteiger partial charge is 0.0751 e. The standard InChI is InChI=1S/C27H30N2/c1-18-6-10-23(11-7-18)27-16-25(28-24-12-8-19(2)21(4)14-24)17-29(27)26-13-9-20(3)22(5)15-26/h6-16,27-28H,17H2,1-5H3/t27-/m1/s1. The van der Waals surface area contributed by atoms with Crippen LogP contribution in [0.3, 0.4) is 0 Å². The lowest BCUT2D eigenvalue weighted by atomic mass is 10.0. The fourth-order valence-corrected chi connectivity index (χ4v) is 3.90. The van der Waals surface area contributed by atoms with Crippen LogP contribution in [0, 0.1) is 34.6 Å². The molecule has 4 rings (SSSR count). The molecule has 0 aromatic heterocycles. The van der Waals surface area contributed by atoms with Crippen molar-refractivity contribution in [1.29, 1.82) is 0 Å². The zero-order valence-electron chi connectivity index (χ0n) is 18.1. The lowest BCUT2D eigenvalue weighted by Gasteiger charge is -2.28. The fourth-order valence-electron chi connectivity index (χ4n) is 3.90. The van der Waals surface area contributed by atoms with Crippen molar-refractivity contribution in [2.75, 3.05) is 16.8 Å². The average Bonchev–Trinajstić information content (AvgIpc) is 3.11. The second-order valence-electron chi connectivity index (χ2n) is 8.37. The summed E-state index contributed by atoms with van der Waals surface area (Å²) in [4.78, 5) is 2.49. The molecule has 148 valence electrons. The van der Waals surface area contributed by atoms with Crippen molar-refractivity contribution in [2.45, 2.75) is 40.7 Å². The molecule has 0 spiro atoms. The lowest BCUT2D eigenvalue weighted by Crippen LogP contribution is -2.25. The number of benzene rings is 3. The number of rotatable bonds is 4. The van der Waals surface area contributed by atoms with Gasteiger partial charge in [0.1, 0.15) is 0 Å². The van der Waals surface area contributed by atoms with E-state index < -0.39 is 0 Å². The summed E-state index contributed by atoms with van der Waals surface area (Å²) in [6.45, 7) is 11.7. The third-order valence-electron chi connectivity index (χ3n) is 6.09. The Morgan fingerprint density at radius 2 is 1.38 bits per heavy atom. The Kier molecular flexibility index (Phi) is 5.19. The molecule has 0 fully saturated rings. The van der Waals surface area contributed by atoms with E-state index in [-0.39, 0.29) is 6.04 Å². The van der Waals surface area contributed by atoms with Crippen molar-refractivity contribution in [2.24, 2.45) is 0 Å². The number of nitrogens with one attached hydrogen (secondary N) is 1. The van der Waals surface area contributed by atoms with Crippen molar-refractivity contribution in [3.05, 3.63) is 106 Å². The highest BCUT2D eigenvalue weighted by Crippen LogP contribution is 2.36. The number of anilines is 2. The molecule has 0 bridgehead atoms. The molecule has 0 aliphatic carbocycles. The highest BCUT2D eigenvalue weighted by atomic mass is 15.2. The van der Waals surface area contributed by atoms with Crippen molar-refractivity contribution in [3.8, 4) is 0 Å². The SMILES string of the molecule is Cc1ccc([C@H]2C=C(Nc3ccc(C)c(C)c3)CN2c2ccc(C)c(C)c2)cc1. The zero-order valence-corrected chi connectivity index (χ0v) is 18.1. The first-order chi connectivity index (χ1) is 13.9. The second kappa shape index (κ2) is 7.79. The van der Waals surface area contributed by atoms with Gasteiger partial charge < -0.3 is 10.2 Å². The van der Waals surface area contributed by atoms with Gasteiger partial charge in [0, 0.05) is 17.1 Å². The number of hydrogen-bond acceptors (Lipinski definition) is 2. The van der Waals surface area contributed by atoms with E-state index >= 15 is 0 Å². The Bertz CT molecular complexity index is 1060. The summed E-state index contributed by atoms with van der Waals surface area (Å²) >= 11 is 0. The first-order valence-electron chi connectivity index (χ1n) is 10.4. The quantitative estimate of drug-likeness (QED) is 0.534. The van der Waals surface area contributed by atoms with E-state index in [0.717, 1.165) is 12.2 Å². The Hall–Kier alpha value is -3.00. The van der Waals surface area contributed by atoms with Gasteiger partial charge in [-0.2, -0.15) is 0 Å². The van der Waals surface area contributed by atoms with Gasteiger partial charge in [-0.15, -0.1) is 0 Å². The van der Waals surface area contributed by atoms with Crippen LogP contribution >= 0.6 is 0 Å². The summed E-state index contributed by atoms with van der Waals surface area (Å²) in [5.74, 6) is 0. The van der Waals surface area contributed by atoms with E-state index in [9.17, 15) is 0 Å². The Morgan fingerprint density at radius 1 is 0.724 bits per heavy atom. The van der Waals surface area contributed by atoms with Gasteiger partial charge >= 0.3 is 0 Å². The maximum atomic E-state index is 3.67. The van der Waals surface area contributed by atoms with Crippen LogP contribution in [0.25, 0.3) is 0 Å². The molecule has 1 N–H and O–H groups in total. The predicted molar refractivity (Wildman–Crippen MR) is 125 cm³/mol. The lowest BCUT2D eigenvalue weighted by molar-refractivity contribution is 0.809. The maximum Gasteiger partial charge on any atom is 0.0751 e. The highest BCUT2D eigenvalue weighted by Gasteiger charge is 2.27. The minimum absolute atomic E-state index is 0.228. The number of nitrogens with zero attached hydrogens (tertiary/aromatic N) is 1. The van der Waals surface area contributed by atoms with E-state index in [1.54, 1.807) is 0 Å². The topological polar surface area (TPSA) is 15.3 Å². The molecule has 1 heterocycles. The van der Waals surface area contributed by atoms with Crippen LogP contribution in [0.4, 0.5) is 11.4 Å². The normalized spacial score (nSPS) is 16.1. The molecular formula is C27H30N2. The molecule has 2 nitrogen and oxygen atoms in total. The van der Waals surface area contributed by atoms with Crippen molar-refractivity contribution in [1.82, 2.24) is 0 Å². The third-order valence-corrected chi connectivity index (χ3v) is 6.09. The number of aryl methyl sites for hydroxylation is 5. The minimum Gasteiger partial charge on any atom is -0.358 e. The molecule has 3 aromatic rings. The summed E-state index contributed by atoms with van der Waals surface area (Å²) in [5, 5.41) is 3.67. The van der Waals surface area contributed by atoms with E-state index in [1.807, 2.05) is 0 Å². The van der Waals surface area contributed by atoms with Crippen LogP contribution in [0.15, 0.2) is 72.4 Å². The van der Waals surface area contributed by atoms with Gasteiger partial charge in [0.2, 0.25) is 0 Å². The molecule has 29 heavy (non-hydrogen) atoms. The van der Waals surface area contributed by atoms with Crippen molar-refractivity contribution < 1.29 is 0 Å². The first kappa shape index (κ1) is 19.3.